The van der Waals surface area contributed by atoms with Gasteiger partial charge in [0.25, 0.3) is 0 Å². The molecule has 0 aliphatic carbocycles. The number of aliphatic imine (C=N–C) groups is 1. The third-order valence-electron chi connectivity index (χ3n) is 1.91. The minimum Gasteiger partial charge on any atom is -0.497 e. The summed E-state index contributed by atoms with van der Waals surface area (Å²) in [6.45, 7) is 14.6. The van der Waals surface area contributed by atoms with Crippen LogP contribution in [0.4, 0.5) is 0 Å². The number of hydrogen-bond acceptors (Lipinski definition) is 2. The summed E-state index contributed by atoms with van der Waals surface area (Å²) in [4.78, 5) is 4.43. The van der Waals surface area contributed by atoms with Crippen molar-refractivity contribution in [3.8, 4) is 0 Å². The predicted molar refractivity (Wildman–Crippen MR) is 67.2 cm³/mol. The van der Waals surface area contributed by atoms with Crippen LogP contribution in [0.3, 0.4) is 0 Å². The third-order valence-corrected chi connectivity index (χ3v) is 1.91. The first-order chi connectivity index (χ1) is 7.01. The van der Waals surface area contributed by atoms with Gasteiger partial charge in [-0.15, -0.1) is 0 Å². The molecule has 84 valence electrons. The van der Waals surface area contributed by atoms with Crippen LogP contribution in [0.2, 0.25) is 0 Å². The summed E-state index contributed by atoms with van der Waals surface area (Å²) >= 11 is 0. The van der Waals surface area contributed by atoms with Gasteiger partial charge in [0.15, 0.2) is 0 Å². The first-order valence-corrected chi connectivity index (χ1v) is 5.09. The molecule has 2 nitrogen and oxygen atoms in total. The lowest BCUT2D eigenvalue weighted by Crippen LogP contribution is -2.00. The molecule has 0 rings (SSSR count). The molecule has 2 heteroatoms. The van der Waals surface area contributed by atoms with Gasteiger partial charge >= 0.3 is 0 Å². The fourth-order valence-corrected chi connectivity index (χ4v) is 0.898. The second-order valence-electron chi connectivity index (χ2n) is 3.80. The maximum absolute atomic E-state index is 5.07. The van der Waals surface area contributed by atoms with Crippen LogP contribution in [0.15, 0.2) is 41.6 Å². The highest BCUT2D eigenvalue weighted by atomic mass is 16.5. The molecular weight excluding hydrogens is 186 g/mol. The van der Waals surface area contributed by atoms with Crippen molar-refractivity contribution in [2.75, 3.05) is 13.7 Å². The highest BCUT2D eigenvalue weighted by Crippen LogP contribution is 2.05. The Labute approximate surface area is 93.1 Å². The molecule has 0 amide bonds. The number of hydrogen-bond donors (Lipinski definition) is 0. The van der Waals surface area contributed by atoms with E-state index in [1.54, 1.807) is 13.2 Å². The minimum absolute atomic E-state index is 0.568. The lowest BCUT2D eigenvalue weighted by atomic mass is 10.1. The molecule has 0 N–H and O–H groups in total. The van der Waals surface area contributed by atoms with Gasteiger partial charge in [-0.1, -0.05) is 27.0 Å². The Hall–Kier alpha value is -1.31. The zero-order valence-corrected chi connectivity index (χ0v) is 10.2. The molecule has 0 aliphatic heterocycles. The number of rotatable bonds is 6. The van der Waals surface area contributed by atoms with Crippen LogP contribution < -0.4 is 0 Å². The normalized spacial score (nSPS) is 12.9. The van der Waals surface area contributed by atoms with Gasteiger partial charge in [-0.3, -0.25) is 4.99 Å². The van der Waals surface area contributed by atoms with Crippen molar-refractivity contribution in [3.63, 3.8) is 0 Å². The van der Waals surface area contributed by atoms with Gasteiger partial charge in [0, 0.05) is 12.3 Å². The summed E-state index contributed by atoms with van der Waals surface area (Å²) in [6, 6.07) is 0. The number of nitrogens with zero attached hydrogens (tertiary/aromatic N) is 1. The molecule has 0 saturated carbocycles. The molecule has 0 unspecified atom stereocenters. The quantitative estimate of drug-likeness (QED) is 0.372. The summed E-state index contributed by atoms with van der Waals surface area (Å²) in [5.74, 6) is 1.28. The molecule has 0 aliphatic rings. The van der Waals surface area contributed by atoms with Crippen molar-refractivity contribution in [2.24, 2.45) is 10.9 Å². The van der Waals surface area contributed by atoms with Crippen molar-refractivity contribution in [3.05, 3.63) is 36.6 Å². The predicted octanol–water partition coefficient (Wildman–Crippen LogP) is 3.38. The van der Waals surface area contributed by atoms with Gasteiger partial charge in [0.2, 0.25) is 0 Å². The Morgan fingerprint density at radius 3 is 2.47 bits per heavy atom. The number of allylic oxidation sites excluding steroid dienone is 3. The fourth-order valence-electron chi connectivity index (χ4n) is 0.898. The largest absolute Gasteiger partial charge is 0.497 e. The highest BCUT2D eigenvalue weighted by Gasteiger charge is 1.98. The van der Waals surface area contributed by atoms with Gasteiger partial charge in [0.1, 0.15) is 5.76 Å². The average Bonchev–Trinajstić information content (AvgIpc) is 2.21. The fraction of sp³-hybridized carbons (Fsp3) is 0.462. The zero-order valence-electron chi connectivity index (χ0n) is 10.2. The SMILES string of the molecule is C=C/C(=C\C(=C)C(C)=NCC(C)C)OC. The van der Waals surface area contributed by atoms with Crippen LogP contribution in [0.25, 0.3) is 0 Å². The smallest absolute Gasteiger partial charge is 0.118 e. The molecule has 0 heterocycles. The zero-order chi connectivity index (χ0) is 11.8. The second kappa shape index (κ2) is 7.04. The van der Waals surface area contributed by atoms with Crippen molar-refractivity contribution >= 4 is 5.71 Å². The average molecular weight is 207 g/mol. The van der Waals surface area contributed by atoms with Gasteiger partial charge in [0.05, 0.1) is 7.11 Å². The van der Waals surface area contributed by atoms with Crippen LogP contribution in [0.5, 0.6) is 0 Å². The molecular formula is C13H21NO. The van der Waals surface area contributed by atoms with E-state index in [2.05, 4.69) is 32.0 Å². The molecule has 0 fully saturated rings. The summed E-state index contributed by atoms with van der Waals surface area (Å²) in [5, 5.41) is 0. The standard InChI is InChI=1S/C13H21NO/c1-7-13(15-6)8-11(4)12(5)14-9-10(2)3/h7-8,10H,1,4,9H2,2-3,5-6H3/b13-8+,14-12?. The first kappa shape index (κ1) is 13.7. The monoisotopic (exact) mass is 207 g/mol. The van der Waals surface area contributed by atoms with Crippen molar-refractivity contribution < 1.29 is 4.74 Å². The van der Waals surface area contributed by atoms with Crippen LogP contribution in [0, 0.1) is 5.92 Å². The van der Waals surface area contributed by atoms with E-state index in [1.807, 2.05) is 13.0 Å². The molecule has 0 bridgehead atoms. The summed E-state index contributed by atoms with van der Waals surface area (Å²) in [7, 11) is 1.61. The maximum Gasteiger partial charge on any atom is 0.118 e. The summed E-state index contributed by atoms with van der Waals surface area (Å²) < 4.78 is 5.07. The molecule has 0 spiro atoms. The number of ether oxygens (including phenoxy) is 1. The first-order valence-electron chi connectivity index (χ1n) is 5.09. The van der Waals surface area contributed by atoms with E-state index in [1.165, 1.54) is 0 Å². The van der Waals surface area contributed by atoms with Gasteiger partial charge in [-0.2, -0.15) is 0 Å². The summed E-state index contributed by atoms with van der Waals surface area (Å²) in [5.41, 5.74) is 1.81. The molecule has 0 aromatic heterocycles. The molecule has 0 radical (unpaired) electrons. The van der Waals surface area contributed by atoms with Crippen LogP contribution in [-0.2, 0) is 4.74 Å². The van der Waals surface area contributed by atoms with Crippen LogP contribution in [-0.4, -0.2) is 19.4 Å². The van der Waals surface area contributed by atoms with Crippen molar-refractivity contribution in [1.29, 1.82) is 0 Å². The maximum atomic E-state index is 5.07. The minimum atomic E-state index is 0.568. The molecule has 0 saturated heterocycles. The van der Waals surface area contributed by atoms with E-state index in [4.69, 9.17) is 4.74 Å². The lowest BCUT2D eigenvalue weighted by Gasteiger charge is -2.04. The Kier molecular flexibility index (Phi) is 6.43. The van der Waals surface area contributed by atoms with Crippen molar-refractivity contribution in [1.82, 2.24) is 0 Å². The molecule has 15 heavy (non-hydrogen) atoms. The Balaban J connectivity index is 4.51. The summed E-state index contributed by atoms with van der Waals surface area (Å²) in [6.07, 6.45) is 3.49. The Morgan fingerprint density at radius 2 is 2.07 bits per heavy atom. The van der Waals surface area contributed by atoms with Gasteiger partial charge in [-0.25, -0.2) is 0 Å². The van der Waals surface area contributed by atoms with Crippen molar-refractivity contribution in [2.45, 2.75) is 20.8 Å². The van der Waals surface area contributed by atoms with Gasteiger partial charge in [-0.05, 0) is 30.6 Å². The topological polar surface area (TPSA) is 21.6 Å². The Bertz CT molecular complexity index is 285. The van der Waals surface area contributed by atoms with E-state index < -0.39 is 0 Å². The lowest BCUT2D eigenvalue weighted by molar-refractivity contribution is 0.307. The highest BCUT2D eigenvalue weighted by molar-refractivity contribution is 6.00. The number of methoxy groups -OCH3 is 1. The van der Waals surface area contributed by atoms with Crippen LogP contribution >= 0.6 is 0 Å². The van der Waals surface area contributed by atoms with E-state index >= 15 is 0 Å². The van der Waals surface area contributed by atoms with Gasteiger partial charge < -0.3 is 4.74 Å². The van der Waals surface area contributed by atoms with E-state index in [9.17, 15) is 0 Å². The molecule has 0 aromatic carbocycles. The molecule has 0 aromatic rings. The molecule has 0 atom stereocenters. The van der Waals surface area contributed by atoms with Crippen LogP contribution in [0.1, 0.15) is 20.8 Å². The second-order valence-corrected chi connectivity index (χ2v) is 3.80. The Morgan fingerprint density at radius 1 is 1.47 bits per heavy atom. The van der Waals surface area contributed by atoms with E-state index in [0.717, 1.165) is 17.8 Å². The van der Waals surface area contributed by atoms with E-state index in [-0.39, 0.29) is 0 Å². The third kappa shape index (κ3) is 5.89. The van der Waals surface area contributed by atoms with E-state index in [0.29, 0.717) is 11.7 Å².